The third-order valence-electron chi connectivity index (χ3n) is 5.62. The summed E-state index contributed by atoms with van der Waals surface area (Å²) in [5.41, 5.74) is 1.30. The van der Waals surface area contributed by atoms with Gasteiger partial charge in [-0.2, -0.15) is 0 Å². The summed E-state index contributed by atoms with van der Waals surface area (Å²) in [5, 5.41) is 6.91. The van der Waals surface area contributed by atoms with Crippen LogP contribution in [-0.4, -0.2) is 54.1 Å². The van der Waals surface area contributed by atoms with Crippen LogP contribution in [0.15, 0.2) is 17.1 Å². The maximum absolute atomic E-state index is 5.44. The van der Waals surface area contributed by atoms with E-state index in [0.29, 0.717) is 29.2 Å². The quantitative estimate of drug-likeness (QED) is 0.254. The number of benzene rings is 1. The SMILES string of the molecule is CCNC(=NCc1cc(OC)c(OC)c(OC)c1)NCC1(CCOC)CCCC1.I. The Kier molecular flexibility index (Phi) is 12.2. The molecule has 1 fully saturated rings. The van der Waals surface area contributed by atoms with Crippen LogP contribution in [-0.2, 0) is 11.3 Å². The first-order chi connectivity index (χ1) is 14.1. The first kappa shape index (κ1) is 26.6. The summed E-state index contributed by atoms with van der Waals surface area (Å²) in [6.45, 7) is 5.12. The van der Waals surface area contributed by atoms with Gasteiger partial charge in [0.05, 0.1) is 27.9 Å². The highest BCUT2D eigenvalue weighted by Crippen LogP contribution is 2.40. The Morgan fingerprint density at radius 1 is 1.00 bits per heavy atom. The molecule has 0 unspecified atom stereocenters. The molecule has 0 saturated heterocycles. The van der Waals surface area contributed by atoms with E-state index in [-0.39, 0.29) is 24.0 Å². The van der Waals surface area contributed by atoms with Gasteiger partial charge in [-0.3, -0.25) is 0 Å². The molecule has 2 N–H and O–H groups in total. The largest absolute Gasteiger partial charge is 0.493 e. The number of nitrogens with zero attached hydrogens (tertiary/aromatic N) is 1. The number of rotatable bonds is 11. The molecule has 0 aliphatic heterocycles. The van der Waals surface area contributed by atoms with Gasteiger partial charge in [0.1, 0.15) is 0 Å². The van der Waals surface area contributed by atoms with Crippen molar-refractivity contribution in [2.24, 2.45) is 10.4 Å². The lowest BCUT2D eigenvalue weighted by atomic mass is 9.83. The zero-order valence-corrected chi connectivity index (χ0v) is 21.3. The van der Waals surface area contributed by atoms with E-state index in [4.69, 9.17) is 23.9 Å². The average Bonchev–Trinajstić information content (AvgIpc) is 3.22. The summed E-state index contributed by atoms with van der Waals surface area (Å²) >= 11 is 0. The molecule has 8 heteroatoms. The third kappa shape index (κ3) is 7.37. The number of hydrogen-bond acceptors (Lipinski definition) is 5. The van der Waals surface area contributed by atoms with Gasteiger partial charge in [0.25, 0.3) is 0 Å². The molecule has 2 rings (SSSR count). The van der Waals surface area contributed by atoms with Crippen molar-refractivity contribution in [1.29, 1.82) is 0 Å². The lowest BCUT2D eigenvalue weighted by Crippen LogP contribution is -2.43. The minimum Gasteiger partial charge on any atom is -0.493 e. The van der Waals surface area contributed by atoms with Crippen LogP contribution < -0.4 is 24.8 Å². The van der Waals surface area contributed by atoms with E-state index < -0.39 is 0 Å². The van der Waals surface area contributed by atoms with Gasteiger partial charge in [-0.1, -0.05) is 12.8 Å². The highest BCUT2D eigenvalue weighted by molar-refractivity contribution is 14.0. The van der Waals surface area contributed by atoms with Gasteiger partial charge < -0.3 is 29.6 Å². The molecule has 7 nitrogen and oxygen atoms in total. The summed E-state index contributed by atoms with van der Waals surface area (Å²) in [7, 11) is 6.63. The number of ether oxygens (including phenoxy) is 4. The Morgan fingerprint density at radius 2 is 1.63 bits per heavy atom. The monoisotopic (exact) mass is 535 g/mol. The van der Waals surface area contributed by atoms with E-state index in [1.807, 2.05) is 12.1 Å². The first-order valence-corrected chi connectivity index (χ1v) is 10.4. The van der Waals surface area contributed by atoms with Crippen LogP contribution in [0.5, 0.6) is 17.2 Å². The lowest BCUT2D eigenvalue weighted by Gasteiger charge is -2.30. The van der Waals surface area contributed by atoms with Gasteiger partial charge in [0, 0.05) is 26.8 Å². The van der Waals surface area contributed by atoms with Crippen molar-refractivity contribution >= 4 is 29.9 Å². The molecule has 0 bridgehead atoms. The predicted octanol–water partition coefficient (Wildman–Crippen LogP) is 3.98. The molecular weight excluding hydrogens is 497 g/mol. The Hall–Kier alpha value is -1.42. The van der Waals surface area contributed by atoms with E-state index >= 15 is 0 Å². The van der Waals surface area contributed by atoms with Crippen LogP contribution in [0.3, 0.4) is 0 Å². The molecule has 1 aromatic rings. The van der Waals surface area contributed by atoms with Crippen molar-refractivity contribution in [3.05, 3.63) is 17.7 Å². The highest BCUT2D eigenvalue weighted by Gasteiger charge is 2.33. The maximum atomic E-state index is 5.44. The molecule has 0 atom stereocenters. The summed E-state index contributed by atoms with van der Waals surface area (Å²) in [6, 6.07) is 3.87. The van der Waals surface area contributed by atoms with Crippen molar-refractivity contribution in [3.8, 4) is 17.2 Å². The minimum absolute atomic E-state index is 0. The number of methoxy groups -OCH3 is 4. The molecule has 1 saturated carbocycles. The van der Waals surface area contributed by atoms with Crippen LogP contribution in [0.2, 0.25) is 0 Å². The standard InChI is InChI=1S/C22H37N3O4.HI/c1-6-23-21(25-16-22(11-12-26-2)9-7-8-10-22)24-15-17-13-18(27-3)20(29-5)19(14-17)28-4;/h13-14H,6-12,15-16H2,1-5H3,(H2,23,24,25);1H. The zero-order chi connectivity index (χ0) is 21.1. The molecule has 0 spiro atoms. The summed E-state index contributed by atoms with van der Waals surface area (Å²) in [5.74, 6) is 2.69. The smallest absolute Gasteiger partial charge is 0.203 e. The summed E-state index contributed by atoms with van der Waals surface area (Å²) in [4.78, 5) is 4.77. The second-order valence-electron chi connectivity index (χ2n) is 7.53. The van der Waals surface area contributed by atoms with E-state index in [2.05, 4.69) is 17.6 Å². The van der Waals surface area contributed by atoms with Gasteiger partial charge in [0.2, 0.25) is 5.75 Å². The molecule has 172 valence electrons. The normalized spacial score (nSPS) is 15.3. The number of halogens is 1. The van der Waals surface area contributed by atoms with Gasteiger partial charge >= 0.3 is 0 Å². The summed E-state index contributed by atoms with van der Waals surface area (Å²) < 4.78 is 21.6. The van der Waals surface area contributed by atoms with Crippen molar-refractivity contribution in [2.75, 3.05) is 48.1 Å². The third-order valence-corrected chi connectivity index (χ3v) is 5.62. The minimum atomic E-state index is 0. The first-order valence-electron chi connectivity index (χ1n) is 10.4. The van der Waals surface area contributed by atoms with E-state index in [0.717, 1.165) is 37.6 Å². The Balaban J connectivity index is 0.00000450. The van der Waals surface area contributed by atoms with Crippen molar-refractivity contribution in [1.82, 2.24) is 10.6 Å². The van der Waals surface area contributed by atoms with Crippen molar-refractivity contribution in [2.45, 2.75) is 45.6 Å². The number of nitrogens with one attached hydrogen (secondary N) is 2. The van der Waals surface area contributed by atoms with E-state index in [1.165, 1.54) is 25.7 Å². The van der Waals surface area contributed by atoms with Gasteiger partial charge in [-0.05, 0) is 49.3 Å². The maximum Gasteiger partial charge on any atom is 0.203 e. The topological polar surface area (TPSA) is 73.3 Å². The van der Waals surface area contributed by atoms with Crippen LogP contribution in [0, 0.1) is 5.41 Å². The molecule has 0 aromatic heterocycles. The number of aliphatic imine (C=N–C) groups is 1. The molecule has 1 aliphatic carbocycles. The molecule has 0 radical (unpaired) electrons. The second kappa shape index (κ2) is 13.8. The lowest BCUT2D eigenvalue weighted by molar-refractivity contribution is 0.138. The Bertz CT molecular complexity index is 639. The number of hydrogen-bond donors (Lipinski definition) is 2. The fourth-order valence-electron chi connectivity index (χ4n) is 3.97. The van der Waals surface area contributed by atoms with Crippen molar-refractivity contribution < 1.29 is 18.9 Å². The molecule has 1 aromatic carbocycles. The average molecular weight is 535 g/mol. The van der Waals surface area contributed by atoms with Crippen LogP contribution in [0.1, 0.15) is 44.6 Å². The number of guanidine groups is 1. The second-order valence-corrected chi connectivity index (χ2v) is 7.53. The zero-order valence-electron chi connectivity index (χ0n) is 19.0. The molecule has 0 heterocycles. The Morgan fingerprint density at radius 3 is 2.13 bits per heavy atom. The fraction of sp³-hybridized carbons (Fsp3) is 0.682. The summed E-state index contributed by atoms with van der Waals surface area (Å²) in [6.07, 6.45) is 6.17. The van der Waals surface area contributed by atoms with Gasteiger partial charge in [0.15, 0.2) is 17.5 Å². The molecule has 1 aliphatic rings. The molecule has 30 heavy (non-hydrogen) atoms. The van der Waals surface area contributed by atoms with E-state index in [1.54, 1.807) is 28.4 Å². The fourth-order valence-corrected chi connectivity index (χ4v) is 3.97. The predicted molar refractivity (Wildman–Crippen MR) is 132 cm³/mol. The van der Waals surface area contributed by atoms with Crippen LogP contribution in [0.25, 0.3) is 0 Å². The van der Waals surface area contributed by atoms with E-state index in [9.17, 15) is 0 Å². The van der Waals surface area contributed by atoms with Gasteiger partial charge in [-0.15, -0.1) is 24.0 Å². The van der Waals surface area contributed by atoms with Crippen LogP contribution in [0.4, 0.5) is 0 Å². The highest BCUT2D eigenvalue weighted by atomic mass is 127. The Labute approximate surface area is 198 Å². The van der Waals surface area contributed by atoms with Crippen LogP contribution >= 0.6 is 24.0 Å². The molecular formula is C22H38IN3O4. The van der Waals surface area contributed by atoms with Crippen molar-refractivity contribution in [3.63, 3.8) is 0 Å². The van der Waals surface area contributed by atoms with Gasteiger partial charge in [-0.25, -0.2) is 4.99 Å². The molecule has 0 amide bonds.